The van der Waals surface area contributed by atoms with Crippen LogP contribution in [0.15, 0.2) is 54.6 Å². The van der Waals surface area contributed by atoms with Crippen LogP contribution in [0.4, 0.5) is 0 Å². The normalized spacial score (nSPS) is 20.7. The summed E-state index contributed by atoms with van der Waals surface area (Å²) in [6.45, 7) is 4.49. The van der Waals surface area contributed by atoms with Crippen LogP contribution in [0.25, 0.3) is 0 Å². The molecule has 51 heavy (non-hydrogen) atoms. The largest absolute Gasteiger partial charge is 0.458 e. The second-order valence-corrected chi connectivity index (χ2v) is 15.6. The third kappa shape index (κ3) is 16.4. The van der Waals surface area contributed by atoms with Crippen molar-refractivity contribution in [1.29, 1.82) is 0 Å². The highest BCUT2D eigenvalue weighted by Crippen LogP contribution is 2.44. The molecule has 0 spiro atoms. The highest BCUT2D eigenvalue weighted by molar-refractivity contribution is 9.09. The molecule has 0 radical (unpaired) electrons. The number of benzene rings is 1. The molecule has 2 unspecified atom stereocenters. The van der Waals surface area contributed by atoms with Gasteiger partial charge in [-0.3, -0.25) is 19.3 Å². The van der Waals surface area contributed by atoms with E-state index in [1.807, 2.05) is 25.1 Å². The van der Waals surface area contributed by atoms with Gasteiger partial charge < -0.3 is 14.0 Å². The van der Waals surface area contributed by atoms with Gasteiger partial charge in [0.2, 0.25) is 11.8 Å². The van der Waals surface area contributed by atoms with Gasteiger partial charge in [-0.25, -0.2) is 0 Å². The fourth-order valence-electron chi connectivity index (χ4n) is 7.11. The monoisotopic (exact) mass is 833 g/mol. The maximum atomic E-state index is 12.9. The molecule has 7 nitrogen and oxygen atoms in total. The molecule has 284 valence electrons. The molecule has 2 amide bonds. The van der Waals surface area contributed by atoms with Crippen molar-refractivity contribution in [2.24, 2.45) is 11.8 Å². The molecule has 2 bridgehead atoms. The third-order valence-electron chi connectivity index (χ3n) is 10.00. The standard InChI is InChI=1S/C41H62BBr2NO6/c1-3-5-29-42-50-37-32-38(51-42)36(28-27-34(26-25-33-19-11-8-12-20-33)49-41(48)24-16-10-18-31-44)35(37)21-13-6-7-14-22-39(46)45(4-2)40(47)23-15-9-17-30-43/h6,8,11-13,19-20,27-28,34-38H,3-5,7,9-10,14-18,21-26,29-32H2,1-2H3/t34-,35+,36+,37?,38?/m0/s1. The number of fused-ring (bicyclic) bond motifs is 2. The number of carbonyl (C=O) groups is 3. The lowest BCUT2D eigenvalue weighted by atomic mass is 9.80. The number of nitrogens with zero attached hydrogens (tertiary/aromatic N) is 1. The van der Waals surface area contributed by atoms with E-state index in [0.29, 0.717) is 32.2 Å². The average Bonchev–Trinajstić information content (AvgIpc) is 3.38. The first kappa shape index (κ1) is 43.7. The molecule has 1 aromatic carbocycles. The Morgan fingerprint density at radius 1 is 0.882 bits per heavy atom. The Balaban J connectivity index is 1.62. The van der Waals surface area contributed by atoms with E-state index in [0.717, 1.165) is 100 Å². The Labute approximate surface area is 325 Å². The van der Waals surface area contributed by atoms with Gasteiger partial charge in [0.05, 0.1) is 6.10 Å². The molecule has 2 aliphatic rings. The minimum Gasteiger partial charge on any atom is -0.458 e. The van der Waals surface area contributed by atoms with Crippen molar-refractivity contribution in [2.45, 2.75) is 148 Å². The Hall–Kier alpha value is -1.75. The van der Waals surface area contributed by atoms with Crippen LogP contribution in [0, 0.1) is 11.8 Å². The number of allylic oxidation sites excluding steroid dienone is 2. The molecule has 0 N–H and O–H groups in total. The van der Waals surface area contributed by atoms with Gasteiger partial charge in [-0.05, 0) is 95.0 Å². The molecule has 1 saturated carbocycles. The molecular weight excluding hydrogens is 773 g/mol. The minimum atomic E-state index is -0.302. The number of hydrogen-bond acceptors (Lipinski definition) is 6. The molecule has 1 aromatic rings. The lowest BCUT2D eigenvalue weighted by Gasteiger charge is -2.27. The fourth-order valence-corrected chi connectivity index (χ4v) is 7.90. The predicted molar refractivity (Wildman–Crippen MR) is 215 cm³/mol. The quantitative estimate of drug-likeness (QED) is 0.0304. The summed E-state index contributed by atoms with van der Waals surface area (Å²) in [6.07, 6.45) is 23.5. The van der Waals surface area contributed by atoms with E-state index in [4.69, 9.17) is 14.0 Å². The number of ether oxygens (including phenoxy) is 1. The summed E-state index contributed by atoms with van der Waals surface area (Å²) in [4.78, 5) is 39.7. The van der Waals surface area contributed by atoms with Crippen LogP contribution >= 0.6 is 31.9 Å². The van der Waals surface area contributed by atoms with E-state index in [1.165, 1.54) is 10.5 Å². The number of halogens is 2. The van der Waals surface area contributed by atoms with E-state index in [1.54, 1.807) is 0 Å². The zero-order valence-corrected chi connectivity index (χ0v) is 34.3. The zero-order valence-electron chi connectivity index (χ0n) is 31.2. The lowest BCUT2D eigenvalue weighted by molar-refractivity contribution is -0.147. The Kier molecular flexibility index (Phi) is 22.3. The number of carbonyl (C=O) groups excluding carboxylic acids is 3. The van der Waals surface area contributed by atoms with Crippen molar-refractivity contribution in [3.63, 3.8) is 0 Å². The first-order valence-electron chi connectivity index (χ1n) is 19.7. The Bertz CT molecular complexity index is 1200. The third-order valence-corrected chi connectivity index (χ3v) is 11.1. The van der Waals surface area contributed by atoms with Crippen molar-refractivity contribution in [2.75, 3.05) is 17.2 Å². The van der Waals surface area contributed by atoms with E-state index in [9.17, 15) is 14.4 Å². The number of aryl methyl sites for hydroxylation is 1. The molecule has 0 aromatic heterocycles. The number of imide groups is 1. The van der Waals surface area contributed by atoms with Crippen LogP contribution in [0.1, 0.15) is 122 Å². The summed E-state index contributed by atoms with van der Waals surface area (Å²) < 4.78 is 19.1. The zero-order chi connectivity index (χ0) is 36.7. The van der Waals surface area contributed by atoms with Gasteiger partial charge in [-0.1, -0.05) is 113 Å². The smallest absolute Gasteiger partial charge is 0.457 e. The number of alkyl halides is 2. The Morgan fingerprint density at radius 3 is 2.25 bits per heavy atom. The molecule has 1 aliphatic heterocycles. The van der Waals surface area contributed by atoms with E-state index >= 15 is 0 Å². The van der Waals surface area contributed by atoms with E-state index in [-0.39, 0.29) is 55.0 Å². The van der Waals surface area contributed by atoms with Crippen LogP contribution in [-0.2, 0) is 34.9 Å². The van der Waals surface area contributed by atoms with Gasteiger partial charge in [0.25, 0.3) is 0 Å². The van der Waals surface area contributed by atoms with Crippen molar-refractivity contribution in [3.8, 4) is 0 Å². The predicted octanol–water partition coefficient (Wildman–Crippen LogP) is 10.2. The molecule has 10 heteroatoms. The number of rotatable bonds is 26. The van der Waals surface area contributed by atoms with Crippen LogP contribution < -0.4 is 0 Å². The summed E-state index contributed by atoms with van der Waals surface area (Å²) in [7, 11) is -0.176. The molecular formula is C41H62BBr2NO6. The van der Waals surface area contributed by atoms with Gasteiger partial charge in [0.1, 0.15) is 6.10 Å². The topological polar surface area (TPSA) is 82.1 Å². The Morgan fingerprint density at radius 2 is 1.57 bits per heavy atom. The molecule has 5 atom stereocenters. The lowest BCUT2D eigenvalue weighted by Crippen LogP contribution is -2.37. The average molecular weight is 836 g/mol. The number of unbranched alkanes of at least 4 members (excludes halogenated alkanes) is 6. The van der Waals surface area contributed by atoms with Crippen molar-refractivity contribution >= 4 is 56.8 Å². The molecule has 1 aliphatic carbocycles. The molecule has 1 heterocycles. The van der Waals surface area contributed by atoms with Crippen molar-refractivity contribution in [3.05, 3.63) is 60.2 Å². The van der Waals surface area contributed by atoms with Gasteiger partial charge in [-0.15, -0.1) is 0 Å². The number of esters is 1. The van der Waals surface area contributed by atoms with Crippen LogP contribution in [0.2, 0.25) is 6.32 Å². The van der Waals surface area contributed by atoms with Crippen molar-refractivity contribution < 1.29 is 28.4 Å². The van der Waals surface area contributed by atoms with E-state index < -0.39 is 0 Å². The van der Waals surface area contributed by atoms with E-state index in [2.05, 4.69) is 75.2 Å². The second kappa shape index (κ2) is 26.1. The van der Waals surface area contributed by atoms with Crippen LogP contribution in [0.5, 0.6) is 0 Å². The van der Waals surface area contributed by atoms with Gasteiger partial charge >= 0.3 is 13.1 Å². The maximum absolute atomic E-state index is 12.9. The van der Waals surface area contributed by atoms with Gasteiger partial charge in [0.15, 0.2) is 0 Å². The SMILES string of the molecule is CCCCB1OC2CC(O1)[C@H](CC=CCCCC(=O)N(CC)C(=O)CCCCCBr)[C@H]2C=C[C@H](CCc1ccccc1)OC(=O)CCCCCBr. The molecule has 1 saturated heterocycles. The van der Waals surface area contributed by atoms with Gasteiger partial charge in [-0.2, -0.15) is 0 Å². The summed E-state index contributed by atoms with van der Waals surface area (Å²) in [5.41, 5.74) is 1.23. The summed E-state index contributed by atoms with van der Waals surface area (Å²) in [6, 6.07) is 10.4. The maximum Gasteiger partial charge on any atom is 0.457 e. The first-order valence-corrected chi connectivity index (χ1v) is 22.0. The highest BCUT2D eigenvalue weighted by atomic mass is 79.9. The molecule has 2 fully saturated rings. The summed E-state index contributed by atoms with van der Waals surface area (Å²) in [5.74, 6) is 0.148. The summed E-state index contributed by atoms with van der Waals surface area (Å²) in [5, 5.41) is 1.89. The fraction of sp³-hybridized carbons (Fsp3) is 0.683. The van der Waals surface area contributed by atoms with Crippen molar-refractivity contribution in [1.82, 2.24) is 4.90 Å². The number of amides is 2. The van der Waals surface area contributed by atoms with Gasteiger partial charge in [0, 0.05) is 48.5 Å². The van der Waals surface area contributed by atoms with Crippen LogP contribution in [0.3, 0.4) is 0 Å². The summed E-state index contributed by atoms with van der Waals surface area (Å²) >= 11 is 6.90. The highest BCUT2D eigenvalue weighted by Gasteiger charge is 2.49. The first-order chi connectivity index (χ1) is 24.9. The number of hydrogen-bond donors (Lipinski definition) is 0. The second-order valence-electron chi connectivity index (χ2n) is 14.0. The minimum absolute atomic E-state index is 0.0547. The molecule has 3 rings (SSSR count). The van der Waals surface area contributed by atoms with Crippen LogP contribution in [-0.4, -0.2) is 65.3 Å².